The number of anilines is 1. The van der Waals surface area contributed by atoms with Gasteiger partial charge in [0.1, 0.15) is 36.1 Å². The highest BCUT2D eigenvalue weighted by atomic mass is 16.6. The van der Waals surface area contributed by atoms with Crippen LogP contribution in [0.2, 0.25) is 0 Å². The van der Waals surface area contributed by atoms with Gasteiger partial charge in [-0.3, -0.25) is 0 Å². The highest BCUT2D eigenvalue weighted by Gasteiger charge is 2.43. The van der Waals surface area contributed by atoms with Crippen molar-refractivity contribution in [2.45, 2.75) is 24.5 Å². The zero-order chi connectivity index (χ0) is 13.6. The van der Waals surface area contributed by atoms with Crippen LogP contribution in [0.15, 0.2) is 18.6 Å². The molecule has 1 unspecified atom stereocenters. The van der Waals surface area contributed by atoms with Crippen LogP contribution in [0.5, 0.6) is 0 Å². The molecule has 0 spiro atoms. The Balaban J connectivity index is 2.04. The largest absolute Gasteiger partial charge is 0.394 e. The van der Waals surface area contributed by atoms with E-state index >= 15 is 0 Å². The molecule has 4 atom stereocenters. The zero-order valence-corrected chi connectivity index (χ0v) is 9.92. The summed E-state index contributed by atoms with van der Waals surface area (Å²) in [6.45, 7) is -0.370. The molecule has 5 N–H and O–H groups in total. The number of nitrogens with zero attached hydrogens (tertiary/aromatic N) is 3. The summed E-state index contributed by atoms with van der Waals surface area (Å²) in [6.07, 6.45) is -0.975. The van der Waals surface area contributed by atoms with Crippen LogP contribution >= 0.6 is 0 Å². The summed E-state index contributed by atoms with van der Waals surface area (Å²) in [5.41, 5.74) is 6.23. The van der Waals surface area contributed by atoms with Crippen LogP contribution in [-0.4, -0.2) is 54.8 Å². The van der Waals surface area contributed by atoms with Crippen LogP contribution in [0, 0.1) is 0 Å². The minimum Gasteiger partial charge on any atom is -0.394 e. The van der Waals surface area contributed by atoms with Gasteiger partial charge in [-0.2, -0.15) is 0 Å². The third-order valence-corrected chi connectivity index (χ3v) is 3.33. The minimum atomic E-state index is -1.15. The molecule has 19 heavy (non-hydrogen) atoms. The topological polar surface area (TPSA) is 127 Å². The van der Waals surface area contributed by atoms with E-state index in [0.29, 0.717) is 16.9 Å². The van der Waals surface area contributed by atoms with Gasteiger partial charge in [0.25, 0.3) is 0 Å². The van der Waals surface area contributed by atoms with Gasteiger partial charge in [0.05, 0.1) is 12.0 Å². The molecule has 3 heterocycles. The van der Waals surface area contributed by atoms with Crippen LogP contribution in [0.4, 0.5) is 5.82 Å². The van der Waals surface area contributed by atoms with E-state index in [1.165, 1.54) is 6.33 Å². The Morgan fingerprint density at radius 2 is 2.11 bits per heavy atom. The van der Waals surface area contributed by atoms with Gasteiger partial charge >= 0.3 is 0 Å². The summed E-state index contributed by atoms with van der Waals surface area (Å²) >= 11 is 0. The number of aromatic nitrogens is 3. The Hall–Kier alpha value is -1.74. The Labute approximate surface area is 108 Å². The molecule has 8 heteroatoms. The van der Waals surface area contributed by atoms with E-state index in [4.69, 9.17) is 15.6 Å². The molecule has 0 bridgehead atoms. The van der Waals surface area contributed by atoms with E-state index in [1.54, 1.807) is 16.8 Å². The number of aliphatic hydroxyl groups is 3. The maximum atomic E-state index is 9.98. The van der Waals surface area contributed by atoms with Crippen molar-refractivity contribution in [1.29, 1.82) is 0 Å². The van der Waals surface area contributed by atoms with E-state index in [2.05, 4.69) is 9.97 Å². The molecule has 1 fully saturated rings. The van der Waals surface area contributed by atoms with Crippen molar-refractivity contribution >= 4 is 16.9 Å². The Kier molecular flexibility index (Phi) is 2.86. The van der Waals surface area contributed by atoms with Crippen LogP contribution in [0.25, 0.3) is 11.0 Å². The molecular weight excluding hydrogens is 252 g/mol. The lowest BCUT2D eigenvalue weighted by Gasteiger charge is -2.17. The van der Waals surface area contributed by atoms with Crippen molar-refractivity contribution in [3.8, 4) is 0 Å². The standard InChI is InChI=1S/C11H14N4O4/c12-9-5-1-2-15(10(5)14-4-13-9)11-8(18)7(17)6(3-16)19-11/h1-2,4,6-8,11,16-18H,3H2,(H2,12,13,14)/t6-,7-,8?,11-/m1/s1. The van der Waals surface area contributed by atoms with Crippen LogP contribution in [-0.2, 0) is 4.74 Å². The summed E-state index contributed by atoms with van der Waals surface area (Å²) in [5.74, 6) is 0.329. The Morgan fingerprint density at radius 1 is 1.32 bits per heavy atom. The minimum absolute atomic E-state index is 0.329. The zero-order valence-electron chi connectivity index (χ0n) is 9.92. The molecule has 0 amide bonds. The molecule has 0 saturated carbocycles. The fourth-order valence-electron chi connectivity index (χ4n) is 2.31. The SMILES string of the molecule is Nc1ncnc2c1ccn2[C@@H]1O[C@H](CO)[C@@H](O)C1O. The van der Waals surface area contributed by atoms with Gasteiger partial charge in [0.2, 0.25) is 0 Å². The lowest BCUT2D eigenvalue weighted by atomic mass is 10.1. The molecule has 102 valence electrons. The normalized spacial score (nSPS) is 31.1. The average Bonchev–Trinajstić information content (AvgIpc) is 2.94. The number of nitrogen functional groups attached to an aromatic ring is 1. The first-order valence-corrected chi connectivity index (χ1v) is 5.83. The molecule has 1 saturated heterocycles. The van der Waals surface area contributed by atoms with Gasteiger partial charge in [0.15, 0.2) is 6.23 Å². The first-order valence-electron chi connectivity index (χ1n) is 5.83. The summed E-state index contributed by atoms with van der Waals surface area (Å²) in [4.78, 5) is 7.97. The highest BCUT2D eigenvalue weighted by molar-refractivity contribution is 5.86. The van der Waals surface area contributed by atoms with Gasteiger partial charge in [0, 0.05) is 6.20 Å². The molecule has 1 aliphatic heterocycles. The first kappa shape index (κ1) is 12.3. The maximum Gasteiger partial charge on any atom is 0.164 e. The Morgan fingerprint density at radius 3 is 2.79 bits per heavy atom. The van der Waals surface area contributed by atoms with Crippen LogP contribution in [0.1, 0.15) is 6.23 Å². The van der Waals surface area contributed by atoms with Crippen molar-refractivity contribution in [2.75, 3.05) is 12.3 Å². The number of rotatable bonds is 2. The van der Waals surface area contributed by atoms with E-state index in [0.717, 1.165) is 0 Å². The summed E-state index contributed by atoms with van der Waals surface area (Å²) in [6, 6.07) is 1.71. The number of fused-ring (bicyclic) bond motifs is 1. The van der Waals surface area contributed by atoms with Gasteiger partial charge in [-0.05, 0) is 6.07 Å². The maximum absolute atomic E-state index is 9.98. The molecule has 0 aliphatic carbocycles. The Bertz CT molecular complexity index is 601. The molecule has 8 nitrogen and oxygen atoms in total. The molecule has 1 aliphatic rings. The molecule has 3 rings (SSSR count). The highest BCUT2D eigenvalue weighted by Crippen LogP contribution is 2.32. The van der Waals surface area contributed by atoms with Gasteiger partial charge in [-0.1, -0.05) is 0 Å². The smallest absolute Gasteiger partial charge is 0.164 e. The average molecular weight is 266 g/mol. The first-order chi connectivity index (χ1) is 9.13. The van der Waals surface area contributed by atoms with Gasteiger partial charge in [-0.25, -0.2) is 9.97 Å². The lowest BCUT2D eigenvalue weighted by Crippen LogP contribution is -2.33. The quantitative estimate of drug-likeness (QED) is 0.528. The third-order valence-electron chi connectivity index (χ3n) is 3.33. The van der Waals surface area contributed by atoms with Crippen molar-refractivity contribution in [2.24, 2.45) is 0 Å². The second-order valence-electron chi connectivity index (χ2n) is 4.45. The van der Waals surface area contributed by atoms with Crippen LogP contribution < -0.4 is 5.73 Å². The predicted molar refractivity (Wildman–Crippen MR) is 64.9 cm³/mol. The fourth-order valence-corrected chi connectivity index (χ4v) is 2.31. The number of hydrogen-bond donors (Lipinski definition) is 4. The van der Waals surface area contributed by atoms with E-state index in [9.17, 15) is 10.2 Å². The van der Waals surface area contributed by atoms with Crippen molar-refractivity contribution in [1.82, 2.24) is 14.5 Å². The second kappa shape index (κ2) is 4.42. The van der Waals surface area contributed by atoms with Crippen molar-refractivity contribution < 1.29 is 20.1 Å². The van der Waals surface area contributed by atoms with E-state index in [-0.39, 0.29) is 6.61 Å². The van der Waals surface area contributed by atoms with E-state index < -0.39 is 24.5 Å². The van der Waals surface area contributed by atoms with Crippen LogP contribution in [0.3, 0.4) is 0 Å². The molecule has 0 aromatic carbocycles. The summed E-state index contributed by atoms with van der Waals surface area (Å²) < 4.78 is 7.01. The van der Waals surface area contributed by atoms with Crippen molar-refractivity contribution in [3.05, 3.63) is 18.6 Å². The second-order valence-corrected chi connectivity index (χ2v) is 4.45. The lowest BCUT2D eigenvalue weighted by molar-refractivity contribution is -0.0508. The predicted octanol–water partition coefficient (Wildman–Crippen LogP) is -1.38. The number of aliphatic hydroxyl groups excluding tert-OH is 3. The number of hydrogen-bond acceptors (Lipinski definition) is 7. The molecule has 2 aromatic heterocycles. The number of ether oxygens (including phenoxy) is 1. The molecular formula is C11H14N4O4. The van der Waals surface area contributed by atoms with Gasteiger partial charge < -0.3 is 30.4 Å². The molecule has 2 aromatic rings. The monoisotopic (exact) mass is 266 g/mol. The summed E-state index contributed by atoms with van der Waals surface area (Å²) in [7, 11) is 0. The van der Waals surface area contributed by atoms with Gasteiger partial charge in [-0.15, -0.1) is 0 Å². The summed E-state index contributed by atoms with van der Waals surface area (Å²) in [5, 5.41) is 29.4. The molecule has 0 radical (unpaired) electrons. The number of nitrogens with two attached hydrogens (primary N) is 1. The fraction of sp³-hybridized carbons (Fsp3) is 0.455. The van der Waals surface area contributed by atoms with E-state index in [1.807, 2.05) is 0 Å². The van der Waals surface area contributed by atoms with Crippen molar-refractivity contribution in [3.63, 3.8) is 0 Å². The third kappa shape index (κ3) is 1.77.